The molecule has 0 aromatic carbocycles. The monoisotopic (exact) mass is 179 g/mol. The molecule has 1 aromatic rings. The minimum atomic E-state index is 0.373. The highest BCUT2D eigenvalue weighted by molar-refractivity contribution is 5.09. The quantitative estimate of drug-likeness (QED) is 0.714. The second kappa shape index (κ2) is 3.52. The van der Waals surface area contributed by atoms with Gasteiger partial charge in [0.15, 0.2) is 0 Å². The molecular weight excluding hydrogens is 162 g/mol. The Labute approximate surface area is 78.9 Å². The van der Waals surface area contributed by atoms with E-state index in [1.165, 1.54) is 5.69 Å². The van der Waals surface area contributed by atoms with Crippen LogP contribution in [0.5, 0.6) is 0 Å². The van der Waals surface area contributed by atoms with E-state index in [0.717, 1.165) is 19.5 Å². The number of rotatable bonds is 2. The molecule has 13 heavy (non-hydrogen) atoms. The van der Waals surface area contributed by atoms with Crippen LogP contribution >= 0.6 is 0 Å². The Morgan fingerprint density at radius 1 is 1.69 bits per heavy atom. The van der Waals surface area contributed by atoms with E-state index < -0.39 is 0 Å². The normalized spacial score (nSPS) is 26.5. The summed E-state index contributed by atoms with van der Waals surface area (Å²) in [5.41, 5.74) is 7.15. The molecule has 0 radical (unpaired) electrons. The Balaban J connectivity index is 2.02. The Bertz CT molecular complexity index is 255. The summed E-state index contributed by atoms with van der Waals surface area (Å²) in [6.45, 7) is 4.38. The van der Waals surface area contributed by atoms with E-state index >= 15 is 0 Å². The molecule has 2 heterocycles. The van der Waals surface area contributed by atoms with Crippen LogP contribution in [-0.4, -0.2) is 29.0 Å². The van der Waals surface area contributed by atoms with E-state index in [4.69, 9.17) is 5.73 Å². The first kappa shape index (κ1) is 8.78. The zero-order valence-electron chi connectivity index (χ0n) is 8.03. The van der Waals surface area contributed by atoms with E-state index in [0.29, 0.717) is 12.1 Å². The molecule has 72 valence electrons. The number of aromatic amines is 1. The van der Waals surface area contributed by atoms with Gasteiger partial charge in [0, 0.05) is 37.1 Å². The first-order chi connectivity index (χ1) is 6.27. The summed E-state index contributed by atoms with van der Waals surface area (Å²) in [7, 11) is 0. The molecule has 1 fully saturated rings. The SMILES string of the molecule is C[C@H](c1ccc[nH]1)N1CC[C@@H](N)C1. The standard InChI is InChI=1S/C10H17N3/c1-8(10-3-2-5-12-10)13-6-4-9(11)7-13/h2-3,5,8-9,12H,4,6-7,11H2,1H3/t8-,9-/m1/s1. The van der Waals surface area contributed by atoms with E-state index in [-0.39, 0.29) is 0 Å². The van der Waals surface area contributed by atoms with Crippen LogP contribution in [0.15, 0.2) is 18.3 Å². The largest absolute Gasteiger partial charge is 0.364 e. The highest BCUT2D eigenvalue weighted by Gasteiger charge is 2.24. The van der Waals surface area contributed by atoms with Crippen LogP contribution < -0.4 is 5.73 Å². The van der Waals surface area contributed by atoms with Crippen LogP contribution in [0.1, 0.15) is 25.1 Å². The number of nitrogens with two attached hydrogens (primary N) is 1. The fraction of sp³-hybridized carbons (Fsp3) is 0.600. The predicted molar refractivity (Wildman–Crippen MR) is 53.4 cm³/mol. The highest BCUT2D eigenvalue weighted by Crippen LogP contribution is 2.22. The molecule has 3 heteroatoms. The van der Waals surface area contributed by atoms with Crippen molar-refractivity contribution in [1.29, 1.82) is 0 Å². The highest BCUT2D eigenvalue weighted by atomic mass is 15.2. The van der Waals surface area contributed by atoms with Crippen molar-refractivity contribution in [3.8, 4) is 0 Å². The maximum Gasteiger partial charge on any atom is 0.0470 e. The maximum atomic E-state index is 5.86. The smallest absolute Gasteiger partial charge is 0.0470 e. The summed E-state index contributed by atoms with van der Waals surface area (Å²) in [5, 5.41) is 0. The van der Waals surface area contributed by atoms with Crippen molar-refractivity contribution in [3.05, 3.63) is 24.0 Å². The van der Waals surface area contributed by atoms with Gasteiger partial charge in [-0.25, -0.2) is 0 Å². The molecule has 2 atom stereocenters. The number of H-pyrrole nitrogens is 1. The number of hydrogen-bond donors (Lipinski definition) is 2. The number of nitrogens with zero attached hydrogens (tertiary/aromatic N) is 1. The van der Waals surface area contributed by atoms with E-state index in [1.807, 2.05) is 12.3 Å². The fourth-order valence-electron chi connectivity index (χ4n) is 1.97. The van der Waals surface area contributed by atoms with Gasteiger partial charge >= 0.3 is 0 Å². The van der Waals surface area contributed by atoms with Crippen molar-refractivity contribution in [2.24, 2.45) is 5.73 Å². The Hall–Kier alpha value is -0.800. The molecule has 1 aromatic heterocycles. The molecule has 2 rings (SSSR count). The van der Waals surface area contributed by atoms with Crippen LogP contribution in [0.3, 0.4) is 0 Å². The molecule has 0 amide bonds. The third kappa shape index (κ3) is 1.76. The zero-order valence-corrected chi connectivity index (χ0v) is 8.03. The molecule has 0 aliphatic carbocycles. The Morgan fingerprint density at radius 2 is 2.54 bits per heavy atom. The fourth-order valence-corrected chi connectivity index (χ4v) is 1.97. The van der Waals surface area contributed by atoms with Crippen LogP contribution in [0.2, 0.25) is 0 Å². The minimum absolute atomic E-state index is 0.373. The van der Waals surface area contributed by atoms with Gasteiger partial charge < -0.3 is 10.7 Å². The van der Waals surface area contributed by atoms with Crippen molar-refractivity contribution in [1.82, 2.24) is 9.88 Å². The van der Waals surface area contributed by atoms with Crippen LogP contribution in [0, 0.1) is 0 Å². The first-order valence-electron chi connectivity index (χ1n) is 4.90. The minimum Gasteiger partial charge on any atom is -0.364 e. The van der Waals surface area contributed by atoms with Crippen molar-refractivity contribution in [2.45, 2.75) is 25.4 Å². The van der Waals surface area contributed by atoms with Crippen molar-refractivity contribution >= 4 is 0 Å². The lowest BCUT2D eigenvalue weighted by Gasteiger charge is -2.22. The van der Waals surface area contributed by atoms with Gasteiger partial charge in [-0.15, -0.1) is 0 Å². The van der Waals surface area contributed by atoms with Crippen molar-refractivity contribution in [2.75, 3.05) is 13.1 Å². The Morgan fingerprint density at radius 3 is 3.08 bits per heavy atom. The molecule has 1 saturated heterocycles. The molecule has 0 unspecified atom stereocenters. The summed E-state index contributed by atoms with van der Waals surface area (Å²) in [4.78, 5) is 5.67. The lowest BCUT2D eigenvalue weighted by Crippen LogP contribution is -2.28. The second-order valence-corrected chi connectivity index (χ2v) is 3.85. The second-order valence-electron chi connectivity index (χ2n) is 3.85. The lowest BCUT2D eigenvalue weighted by atomic mass is 10.2. The zero-order chi connectivity index (χ0) is 9.26. The number of likely N-dealkylation sites (tertiary alicyclic amines) is 1. The van der Waals surface area contributed by atoms with Gasteiger partial charge in [-0.05, 0) is 25.5 Å². The number of aromatic nitrogens is 1. The number of hydrogen-bond acceptors (Lipinski definition) is 2. The average Bonchev–Trinajstić information content (AvgIpc) is 2.72. The maximum absolute atomic E-state index is 5.86. The number of nitrogens with one attached hydrogen (secondary N) is 1. The Kier molecular flexibility index (Phi) is 2.38. The van der Waals surface area contributed by atoms with Gasteiger partial charge in [0.25, 0.3) is 0 Å². The van der Waals surface area contributed by atoms with Crippen molar-refractivity contribution < 1.29 is 0 Å². The molecule has 0 saturated carbocycles. The first-order valence-corrected chi connectivity index (χ1v) is 4.90. The van der Waals surface area contributed by atoms with Crippen LogP contribution in [-0.2, 0) is 0 Å². The third-order valence-electron chi connectivity index (χ3n) is 2.88. The summed E-state index contributed by atoms with van der Waals surface area (Å²) in [6.07, 6.45) is 3.10. The molecule has 3 nitrogen and oxygen atoms in total. The van der Waals surface area contributed by atoms with Crippen molar-refractivity contribution in [3.63, 3.8) is 0 Å². The van der Waals surface area contributed by atoms with Crippen LogP contribution in [0.4, 0.5) is 0 Å². The van der Waals surface area contributed by atoms with Crippen LogP contribution in [0.25, 0.3) is 0 Å². The van der Waals surface area contributed by atoms with Gasteiger partial charge in [0.05, 0.1) is 0 Å². The lowest BCUT2D eigenvalue weighted by molar-refractivity contribution is 0.256. The summed E-state index contributed by atoms with van der Waals surface area (Å²) in [5.74, 6) is 0. The summed E-state index contributed by atoms with van der Waals surface area (Å²) >= 11 is 0. The molecule has 0 bridgehead atoms. The summed E-state index contributed by atoms with van der Waals surface area (Å²) in [6, 6.07) is 5.03. The average molecular weight is 179 g/mol. The van der Waals surface area contributed by atoms with Gasteiger partial charge in [-0.3, -0.25) is 4.90 Å². The van der Waals surface area contributed by atoms with E-state index in [9.17, 15) is 0 Å². The molecular formula is C10H17N3. The van der Waals surface area contributed by atoms with Gasteiger partial charge in [0.2, 0.25) is 0 Å². The predicted octanol–water partition coefficient (Wildman–Crippen LogP) is 1.11. The summed E-state index contributed by atoms with van der Waals surface area (Å²) < 4.78 is 0. The van der Waals surface area contributed by atoms with E-state index in [1.54, 1.807) is 0 Å². The molecule has 3 N–H and O–H groups in total. The van der Waals surface area contributed by atoms with Gasteiger partial charge in [0.1, 0.15) is 0 Å². The third-order valence-corrected chi connectivity index (χ3v) is 2.88. The molecule has 1 aliphatic rings. The van der Waals surface area contributed by atoms with Gasteiger partial charge in [-0.1, -0.05) is 0 Å². The topological polar surface area (TPSA) is 45.0 Å². The molecule has 1 aliphatic heterocycles. The molecule has 0 spiro atoms. The van der Waals surface area contributed by atoms with E-state index in [2.05, 4.69) is 22.9 Å². The van der Waals surface area contributed by atoms with Gasteiger partial charge in [-0.2, -0.15) is 0 Å².